The van der Waals surface area contributed by atoms with Crippen LogP contribution < -0.4 is 11.5 Å². The van der Waals surface area contributed by atoms with Crippen LogP contribution in [0.5, 0.6) is 0 Å². The van der Waals surface area contributed by atoms with Crippen molar-refractivity contribution in [1.82, 2.24) is 0 Å². The summed E-state index contributed by atoms with van der Waals surface area (Å²) in [7, 11) is 0. The third-order valence-corrected chi connectivity index (χ3v) is 2.09. The molecule has 0 heterocycles. The lowest BCUT2D eigenvalue weighted by Gasteiger charge is -2.13. The lowest BCUT2D eigenvalue weighted by molar-refractivity contribution is 0.611. The van der Waals surface area contributed by atoms with Crippen LogP contribution in [-0.2, 0) is 0 Å². The number of hydrogen-bond acceptors (Lipinski definition) is 2. The number of para-hydroxylation sites is 1. The van der Waals surface area contributed by atoms with Crippen LogP contribution in [-0.4, -0.2) is 0 Å². The smallest absolute Gasteiger partial charge is 0.146 e. The Morgan fingerprint density at radius 3 is 2.77 bits per heavy atom. The van der Waals surface area contributed by atoms with E-state index in [4.69, 9.17) is 11.5 Å². The van der Waals surface area contributed by atoms with Crippen molar-refractivity contribution in [3.05, 3.63) is 29.6 Å². The van der Waals surface area contributed by atoms with Gasteiger partial charge < -0.3 is 11.5 Å². The Morgan fingerprint density at radius 1 is 1.46 bits per heavy atom. The quantitative estimate of drug-likeness (QED) is 0.704. The predicted octanol–water partition coefficient (Wildman–Crippen LogP) is 2.21. The van der Waals surface area contributed by atoms with Crippen molar-refractivity contribution in [3.8, 4) is 0 Å². The summed E-state index contributed by atoms with van der Waals surface area (Å²) >= 11 is 0. The van der Waals surface area contributed by atoms with Gasteiger partial charge in [-0.25, -0.2) is 4.39 Å². The fourth-order valence-corrected chi connectivity index (χ4v) is 1.34. The second kappa shape index (κ2) is 4.23. The van der Waals surface area contributed by atoms with Crippen LogP contribution in [0.4, 0.5) is 10.1 Å². The van der Waals surface area contributed by atoms with Gasteiger partial charge in [0, 0.05) is 6.04 Å². The maximum absolute atomic E-state index is 13.0. The van der Waals surface area contributed by atoms with Crippen molar-refractivity contribution in [2.75, 3.05) is 5.73 Å². The maximum atomic E-state index is 13.0. The lowest BCUT2D eigenvalue weighted by atomic mass is 10.0. The molecule has 2 nitrogen and oxygen atoms in total. The summed E-state index contributed by atoms with van der Waals surface area (Å²) < 4.78 is 13.0. The zero-order chi connectivity index (χ0) is 9.84. The van der Waals surface area contributed by atoms with Gasteiger partial charge in [-0.3, -0.25) is 0 Å². The van der Waals surface area contributed by atoms with Crippen LogP contribution in [0.15, 0.2) is 18.2 Å². The Balaban J connectivity index is 2.93. The van der Waals surface area contributed by atoms with Gasteiger partial charge in [-0.1, -0.05) is 25.5 Å². The van der Waals surface area contributed by atoms with Gasteiger partial charge in [0.2, 0.25) is 0 Å². The molecule has 0 aliphatic heterocycles. The molecule has 0 bridgehead atoms. The molecule has 1 rings (SSSR count). The van der Waals surface area contributed by atoms with E-state index in [0.29, 0.717) is 5.56 Å². The molecule has 3 heteroatoms. The highest BCUT2D eigenvalue weighted by atomic mass is 19.1. The number of anilines is 1. The summed E-state index contributed by atoms with van der Waals surface area (Å²) in [5, 5.41) is 0. The highest BCUT2D eigenvalue weighted by molar-refractivity contribution is 5.49. The molecule has 0 fully saturated rings. The van der Waals surface area contributed by atoms with Gasteiger partial charge >= 0.3 is 0 Å². The van der Waals surface area contributed by atoms with Crippen molar-refractivity contribution >= 4 is 5.69 Å². The standard InChI is InChI=1S/C10H15FN2/c1-2-4-9(12)7-5-3-6-8(11)10(7)13/h3,5-6,9H,2,4,12-13H2,1H3. The van der Waals surface area contributed by atoms with Crippen molar-refractivity contribution in [3.63, 3.8) is 0 Å². The first kappa shape index (κ1) is 9.99. The molecule has 4 N–H and O–H groups in total. The van der Waals surface area contributed by atoms with Gasteiger partial charge in [0.25, 0.3) is 0 Å². The molecule has 0 spiro atoms. The third kappa shape index (κ3) is 2.18. The molecule has 0 saturated heterocycles. The van der Waals surface area contributed by atoms with E-state index in [1.54, 1.807) is 12.1 Å². The first-order valence-electron chi connectivity index (χ1n) is 4.46. The van der Waals surface area contributed by atoms with E-state index >= 15 is 0 Å². The second-order valence-corrected chi connectivity index (χ2v) is 3.14. The summed E-state index contributed by atoms with van der Waals surface area (Å²) in [5.41, 5.74) is 12.3. The Labute approximate surface area is 77.7 Å². The molecule has 0 amide bonds. The van der Waals surface area contributed by atoms with Crippen molar-refractivity contribution < 1.29 is 4.39 Å². The molecule has 0 saturated carbocycles. The molecular weight excluding hydrogens is 167 g/mol. The summed E-state index contributed by atoms with van der Waals surface area (Å²) in [6, 6.07) is 4.60. The monoisotopic (exact) mass is 182 g/mol. The van der Waals surface area contributed by atoms with Gasteiger partial charge in [0.05, 0.1) is 5.69 Å². The largest absolute Gasteiger partial charge is 0.396 e. The number of nitrogen functional groups attached to an aromatic ring is 1. The van der Waals surface area contributed by atoms with E-state index in [0.717, 1.165) is 12.8 Å². The minimum Gasteiger partial charge on any atom is -0.396 e. The molecule has 0 aliphatic carbocycles. The van der Waals surface area contributed by atoms with E-state index in [1.165, 1.54) is 6.07 Å². The molecule has 13 heavy (non-hydrogen) atoms. The van der Waals surface area contributed by atoms with Gasteiger partial charge in [0.15, 0.2) is 0 Å². The summed E-state index contributed by atoms with van der Waals surface area (Å²) in [5.74, 6) is -0.385. The van der Waals surface area contributed by atoms with Gasteiger partial charge in [0.1, 0.15) is 5.82 Å². The normalized spacial score (nSPS) is 12.8. The van der Waals surface area contributed by atoms with Gasteiger partial charge in [-0.15, -0.1) is 0 Å². The fourth-order valence-electron chi connectivity index (χ4n) is 1.34. The molecule has 0 aliphatic rings. The molecule has 72 valence electrons. The van der Waals surface area contributed by atoms with E-state index in [2.05, 4.69) is 0 Å². The predicted molar refractivity (Wildman–Crippen MR) is 52.6 cm³/mol. The highest BCUT2D eigenvalue weighted by Gasteiger charge is 2.10. The molecule has 1 atom stereocenters. The third-order valence-electron chi connectivity index (χ3n) is 2.09. The van der Waals surface area contributed by atoms with E-state index in [9.17, 15) is 4.39 Å². The number of rotatable bonds is 3. The van der Waals surface area contributed by atoms with Crippen LogP contribution in [0, 0.1) is 5.82 Å². The van der Waals surface area contributed by atoms with Crippen molar-refractivity contribution in [2.24, 2.45) is 5.73 Å². The van der Waals surface area contributed by atoms with E-state index in [-0.39, 0.29) is 17.5 Å². The minimum absolute atomic E-state index is 0.152. The molecule has 1 unspecified atom stereocenters. The summed E-state index contributed by atoms with van der Waals surface area (Å²) in [4.78, 5) is 0. The van der Waals surface area contributed by atoms with Crippen LogP contribution in [0.25, 0.3) is 0 Å². The average Bonchev–Trinajstić information content (AvgIpc) is 2.10. The van der Waals surface area contributed by atoms with E-state index < -0.39 is 0 Å². The van der Waals surface area contributed by atoms with E-state index in [1.807, 2.05) is 6.92 Å². The maximum Gasteiger partial charge on any atom is 0.146 e. The Kier molecular flexibility index (Phi) is 3.25. The summed E-state index contributed by atoms with van der Waals surface area (Å²) in [6.45, 7) is 2.04. The first-order chi connectivity index (χ1) is 6.16. The second-order valence-electron chi connectivity index (χ2n) is 3.14. The average molecular weight is 182 g/mol. The number of halogens is 1. The Bertz CT molecular complexity index is 286. The molecule has 1 aromatic rings. The number of benzene rings is 1. The molecule has 0 aromatic heterocycles. The summed E-state index contributed by atoms with van der Waals surface area (Å²) in [6.07, 6.45) is 1.80. The number of nitrogens with two attached hydrogens (primary N) is 2. The Morgan fingerprint density at radius 2 is 2.15 bits per heavy atom. The Hall–Kier alpha value is -1.09. The van der Waals surface area contributed by atoms with Crippen molar-refractivity contribution in [2.45, 2.75) is 25.8 Å². The van der Waals surface area contributed by atoms with Crippen LogP contribution in [0.3, 0.4) is 0 Å². The minimum atomic E-state index is -0.385. The molecular formula is C10H15FN2. The van der Waals surface area contributed by atoms with Crippen LogP contribution in [0.1, 0.15) is 31.4 Å². The van der Waals surface area contributed by atoms with Crippen LogP contribution in [0.2, 0.25) is 0 Å². The zero-order valence-electron chi connectivity index (χ0n) is 7.76. The van der Waals surface area contributed by atoms with Crippen molar-refractivity contribution in [1.29, 1.82) is 0 Å². The number of hydrogen-bond donors (Lipinski definition) is 2. The fraction of sp³-hybridized carbons (Fsp3) is 0.400. The van der Waals surface area contributed by atoms with Gasteiger partial charge in [-0.2, -0.15) is 0 Å². The van der Waals surface area contributed by atoms with Crippen LogP contribution >= 0.6 is 0 Å². The molecule has 1 aromatic carbocycles. The lowest BCUT2D eigenvalue weighted by Crippen LogP contribution is -2.12. The van der Waals surface area contributed by atoms with Gasteiger partial charge in [-0.05, 0) is 18.1 Å². The zero-order valence-corrected chi connectivity index (χ0v) is 7.76. The topological polar surface area (TPSA) is 52.0 Å². The first-order valence-corrected chi connectivity index (χ1v) is 4.46. The SMILES string of the molecule is CCCC(N)c1cccc(F)c1N. The highest BCUT2D eigenvalue weighted by Crippen LogP contribution is 2.23. The molecule has 0 radical (unpaired) electrons.